The van der Waals surface area contributed by atoms with E-state index in [9.17, 15) is 18.0 Å². The van der Waals surface area contributed by atoms with Gasteiger partial charge in [-0.1, -0.05) is 0 Å². The smallest absolute Gasteiger partial charge is 0.377 e. The van der Waals surface area contributed by atoms with Gasteiger partial charge in [0, 0.05) is 38.4 Å². The zero-order valence-corrected chi connectivity index (χ0v) is 12.8. The Morgan fingerprint density at radius 2 is 1.87 bits per heavy atom. The lowest BCUT2D eigenvalue weighted by atomic mass is 9.81. The minimum absolute atomic E-state index is 0.0257. The van der Waals surface area contributed by atoms with Crippen molar-refractivity contribution in [1.82, 2.24) is 9.80 Å². The van der Waals surface area contributed by atoms with E-state index in [1.54, 1.807) is 6.07 Å². The second-order valence-corrected chi connectivity index (χ2v) is 6.60. The Labute approximate surface area is 132 Å². The Bertz CT molecular complexity index is 715. The number of halogens is 3. The van der Waals surface area contributed by atoms with E-state index in [4.69, 9.17) is 0 Å². The van der Waals surface area contributed by atoms with Crippen molar-refractivity contribution in [2.24, 2.45) is 5.92 Å². The first kappa shape index (κ1) is 14.6. The van der Waals surface area contributed by atoms with E-state index in [2.05, 4.69) is 4.90 Å². The molecule has 0 aliphatic carbocycles. The van der Waals surface area contributed by atoms with Crippen LogP contribution in [0.4, 0.5) is 13.2 Å². The monoisotopic (exact) mass is 322 g/mol. The number of amides is 1. The first-order chi connectivity index (χ1) is 10.8. The fraction of sp³-hybridized carbons (Fsp3) is 0.471. The molecule has 122 valence electrons. The molecule has 1 aromatic carbocycles. The second-order valence-electron chi connectivity index (χ2n) is 6.60. The Kier molecular flexibility index (Phi) is 3.02. The van der Waals surface area contributed by atoms with Crippen LogP contribution in [0.5, 0.6) is 0 Å². The van der Waals surface area contributed by atoms with Gasteiger partial charge in [0.05, 0.1) is 5.56 Å². The maximum atomic E-state index is 13.5. The number of hydrogen-bond donors (Lipinski definition) is 0. The number of rotatable bonds is 1. The van der Waals surface area contributed by atoms with Crippen LogP contribution in [-0.2, 0) is 12.7 Å². The molecule has 0 N–H and O–H groups in total. The number of piperidine rings is 1. The molecule has 4 aliphatic heterocycles. The van der Waals surface area contributed by atoms with Crippen molar-refractivity contribution in [1.29, 1.82) is 0 Å². The van der Waals surface area contributed by atoms with Gasteiger partial charge < -0.3 is 9.80 Å². The Balaban J connectivity index is 1.88. The molecular formula is C17H17F3N2O. The van der Waals surface area contributed by atoms with Gasteiger partial charge >= 0.3 is 6.18 Å². The average molecular weight is 322 g/mol. The van der Waals surface area contributed by atoms with E-state index in [1.807, 2.05) is 6.20 Å². The molecule has 0 unspecified atom stereocenters. The third-order valence-electron chi connectivity index (χ3n) is 5.15. The summed E-state index contributed by atoms with van der Waals surface area (Å²) < 4.78 is 40.4. The molecule has 3 nitrogen and oxygen atoms in total. The SMILES string of the molecule is CN1Cc2c(cc(C3=CN4CCC3CC4)cc2C(F)(F)F)C1=O. The van der Waals surface area contributed by atoms with Crippen LogP contribution in [0.1, 0.15) is 39.9 Å². The van der Waals surface area contributed by atoms with Gasteiger partial charge in [0.15, 0.2) is 0 Å². The molecule has 1 fully saturated rings. The van der Waals surface area contributed by atoms with Crippen LogP contribution in [-0.4, -0.2) is 35.8 Å². The average Bonchev–Trinajstić information content (AvgIpc) is 2.81. The maximum absolute atomic E-state index is 13.5. The molecule has 1 amide bonds. The fourth-order valence-corrected chi connectivity index (χ4v) is 3.92. The molecule has 0 saturated carbocycles. The maximum Gasteiger partial charge on any atom is 0.416 e. The largest absolute Gasteiger partial charge is 0.416 e. The van der Waals surface area contributed by atoms with Gasteiger partial charge in [-0.2, -0.15) is 13.2 Å². The zero-order chi connectivity index (χ0) is 16.4. The van der Waals surface area contributed by atoms with Crippen molar-refractivity contribution in [2.45, 2.75) is 25.6 Å². The summed E-state index contributed by atoms with van der Waals surface area (Å²) in [5.41, 5.74) is 1.14. The van der Waals surface area contributed by atoms with E-state index in [0.717, 1.165) is 31.5 Å². The molecule has 0 atom stereocenters. The minimum Gasteiger partial charge on any atom is -0.377 e. The van der Waals surface area contributed by atoms with Crippen molar-refractivity contribution < 1.29 is 18.0 Å². The number of alkyl halides is 3. The molecule has 0 aromatic heterocycles. The number of fused-ring (bicyclic) bond motifs is 3. The number of hydrogen-bond acceptors (Lipinski definition) is 2. The molecule has 5 rings (SSSR count). The Morgan fingerprint density at radius 3 is 2.43 bits per heavy atom. The predicted molar refractivity (Wildman–Crippen MR) is 79.5 cm³/mol. The quantitative estimate of drug-likeness (QED) is 0.791. The number of benzene rings is 1. The molecular weight excluding hydrogens is 305 g/mol. The molecule has 1 aromatic rings. The minimum atomic E-state index is -4.44. The highest BCUT2D eigenvalue weighted by Crippen LogP contribution is 2.43. The van der Waals surface area contributed by atoms with Crippen molar-refractivity contribution in [3.05, 3.63) is 40.6 Å². The van der Waals surface area contributed by atoms with Gasteiger partial charge in [0.25, 0.3) is 5.91 Å². The summed E-state index contributed by atoms with van der Waals surface area (Å²) in [4.78, 5) is 15.7. The summed E-state index contributed by atoms with van der Waals surface area (Å²) in [6.07, 6.45) is -0.529. The van der Waals surface area contributed by atoms with Gasteiger partial charge in [0.1, 0.15) is 0 Å². The molecule has 6 heteroatoms. The van der Waals surface area contributed by atoms with Gasteiger partial charge in [-0.25, -0.2) is 0 Å². The van der Waals surface area contributed by atoms with E-state index in [1.165, 1.54) is 18.0 Å². The molecule has 4 heterocycles. The summed E-state index contributed by atoms with van der Waals surface area (Å²) in [5, 5.41) is 0. The standard InChI is InChI=1S/C17H17F3N2O/c1-21-8-14-12(16(21)23)6-11(7-15(14)17(18,19)20)13-9-22-4-2-10(13)3-5-22/h6-7,9-10H,2-5,8H2,1H3. The number of allylic oxidation sites excluding steroid dienone is 1. The Morgan fingerprint density at radius 1 is 1.17 bits per heavy atom. The lowest BCUT2D eigenvalue weighted by molar-refractivity contribution is -0.138. The van der Waals surface area contributed by atoms with Gasteiger partial charge in [-0.05, 0) is 47.6 Å². The predicted octanol–water partition coefficient (Wildman–Crippen LogP) is 3.36. The van der Waals surface area contributed by atoms with Crippen LogP contribution in [0.25, 0.3) is 5.57 Å². The molecule has 0 spiro atoms. The Hall–Kier alpha value is -1.98. The molecule has 1 saturated heterocycles. The summed E-state index contributed by atoms with van der Waals surface area (Å²) in [7, 11) is 1.54. The van der Waals surface area contributed by atoms with E-state index < -0.39 is 11.7 Å². The van der Waals surface area contributed by atoms with Gasteiger partial charge in [-0.3, -0.25) is 4.79 Å². The molecule has 2 bridgehead atoms. The lowest BCUT2D eigenvalue weighted by Crippen LogP contribution is -2.35. The van der Waals surface area contributed by atoms with Crippen molar-refractivity contribution in [3.8, 4) is 0 Å². The highest BCUT2D eigenvalue weighted by atomic mass is 19.4. The van der Waals surface area contributed by atoms with Crippen molar-refractivity contribution in [2.75, 3.05) is 20.1 Å². The van der Waals surface area contributed by atoms with Crippen LogP contribution < -0.4 is 0 Å². The van der Waals surface area contributed by atoms with Crippen LogP contribution in [0, 0.1) is 5.92 Å². The van der Waals surface area contributed by atoms with Crippen LogP contribution >= 0.6 is 0 Å². The highest BCUT2D eigenvalue weighted by Gasteiger charge is 2.40. The van der Waals surface area contributed by atoms with Crippen molar-refractivity contribution in [3.63, 3.8) is 0 Å². The van der Waals surface area contributed by atoms with E-state index >= 15 is 0 Å². The number of nitrogens with zero attached hydrogens (tertiary/aromatic N) is 2. The van der Waals surface area contributed by atoms with Gasteiger partial charge in [0.2, 0.25) is 0 Å². The third kappa shape index (κ3) is 2.23. The zero-order valence-electron chi connectivity index (χ0n) is 12.8. The fourth-order valence-electron chi connectivity index (χ4n) is 3.92. The van der Waals surface area contributed by atoms with E-state index in [-0.39, 0.29) is 23.6 Å². The normalized spacial score (nSPS) is 21.0. The molecule has 0 radical (unpaired) electrons. The summed E-state index contributed by atoms with van der Waals surface area (Å²) in [6, 6.07) is 2.89. The summed E-state index contributed by atoms with van der Waals surface area (Å²) in [5.74, 6) is -0.0254. The number of carbonyl (C=O) groups excluding carboxylic acids is 1. The van der Waals surface area contributed by atoms with Crippen molar-refractivity contribution >= 4 is 11.5 Å². The summed E-state index contributed by atoms with van der Waals surface area (Å²) in [6.45, 7) is 1.96. The topological polar surface area (TPSA) is 23.6 Å². The van der Waals surface area contributed by atoms with Gasteiger partial charge in [-0.15, -0.1) is 0 Å². The highest BCUT2D eigenvalue weighted by molar-refractivity contribution is 5.99. The first-order valence-electron chi connectivity index (χ1n) is 7.80. The first-order valence-corrected chi connectivity index (χ1v) is 7.80. The lowest BCUT2D eigenvalue weighted by Gasteiger charge is -2.39. The summed E-state index contributed by atoms with van der Waals surface area (Å²) >= 11 is 0. The molecule has 4 aliphatic rings. The van der Waals surface area contributed by atoms with Crippen LogP contribution in [0.2, 0.25) is 0 Å². The van der Waals surface area contributed by atoms with Crippen LogP contribution in [0.15, 0.2) is 18.3 Å². The third-order valence-corrected chi connectivity index (χ3v) is 5.15. The second kappa shape index (κ2) is 4.76. The molecule has 23 heavy (non-hydrogen) atoms. The van der Waals surface area contributed by atoms with E-state index in [0.29, 0.717) is 11.5 Å². The number of carbonyl (C=O) groups is 1. The van der Waals surface area contributed by atoms with Crippen LogP contribution in [0.3, 0.4) is 0 Å².